The zero-order valence-corrected chi connectivity index (χ0v) is 13.7. The topological polar surface area (TPSA) is 84.6 Å². The van der Waals surface area contributed by atoms with Crippen molar-refractivity contribution in [3.05, 3.63) is 29.6 Å². The van der Waals surface area contributed by atoms with E-state index in [-0.39, 0.29) is 16.4 Å². The summed E-state index contributed by atoms with van der Waals surface area (Å²) < 4.78 is 42.0. The summed E-state index contributed by atoms with van der Waals surface area (Å²) in [5, 5.41) is 10.3. The Kier molecular flexibility index (Phi) is 3.12. The quantitative estimate of drug-likeness (QED) is 0.719. The van der Waals surface area contributed by atoms with Crippen LogP contribution in [0.1, 0.15) is 26.3 Å². The van der Waals surface area contributed by atoms with Gasteiger partial charge < -0.3 is 16.6 Å². The van der Waals surface area contributed by atoms with Crippen LogP contribution < -0.4 is 11.5 Å². The Hall–Kier alpha value is -1.41. The van der Waals surface area contributed by atoms with Gasteiger partial charge in [-0.3, -0.25) is 4.99 Å². The van der Waals surface area contributed by atoms with Gasteiger partial charge in [0, 0.05) is 11.3 Å². The molecule has 1 aromatic carbocycles. The first-order valence-electron chi connectivity index (χ1n) is 7.08. The van der Waals surface area contributed by atoms with Crippen LogP contribution in [0, 0.1) is 11.7 Å². The maximum Gasteiger partial charge on any atom is 0.273 e. The molecule has 0 radical (unpaired) electrons. The molecule has 0 amide bonds. The molecule has 1 aliphatic heterocycles. The van der Waals surface area contributed by atoms with Crippen molar-refractivity contribution in [2.75, 3.05) is 5.73 Å². The molecule has 5 N–H and O–H groups in total. The molecule has 1 aliphatic carbocycles. The second kappa shape index (κ2) is 4.36. The molecule has 4 nitrogen and oxygen atoms in total. The highest BCUT2D eigenvalue weighted by atomic mass is 32.2. The molecule has 0 aromatic heterocycles. The Morgan fingerprint density at radius 3 is 2.48 bits per heavy atom. The summed E-state index contributed by atoms with van der Waals surface area (Å²) in [6, 6.07) is 3.77. The van der Waals surface area contributed by atoms with E-state index in [1.165, 1.54) is 32.9 Å². The average molecular weight is 345 g/mol. The third kappa shape index (κ3) is 1.88. The highest BCUT2D eigenvalue weighted by Crippen LogP contribution is 2.77. The lowest BCUT2D eigenvalue weighted by molar-refractivity contribution is 0.0124. The number of hydrogen-bond donors (Lipinski definition) is 3. The van der Waals surface area contributed by atoms with Crippen LogP contribution in [0.5, 0.6) is 0 Å². The van der Waals surface area contributed by atoms with Crippen molar-refractivity contribution >= 4 is 22.6 Å². The van der Waals surface area contributed by atoms with Gasteiger partial charge in [0.2, 0.25) is 0 Å². The lowest BCUT2D eigenvalue weighted by atomic mass is 9.83. The van der Waals surface area contributed by atoms with Crippen molar-refractivity contribution in [2.24, 2.45) is 16.6 Å². The van der Waals surface area contributed by atoms with Gasteiger partial charge in [-0.15, -0.1) is 0 Å². The van der Waals surface area contributed by atoms with Gasteiger partial charge in [0.1, 0.15) is 10.6 Å². The molecule has 8 heteroatoms. The molecule has 0 spiro atoms. The van der Waals surface area contributed by atoms with Gasteiger partial charge in [-0.1, -0.05) is 11.8 Å². The fourth-order valence-corrected chi connectivity index (χ4v) is 5.28. The normalized spacial score (nSPS) is 35.4. The van der Waals surface area contributed by atoms with Gasteiger partial charge >= 0.3 is 0 Å². The van der Waals surface area contributed by atoms with E-state index in [1.54, 1.807) is 0 Å². The van der Waals surface area contributed by atoms with E-state index >= 15 is 0 Å². The van der Waals surface area contributed by atoms with Crippen molar-refractivity contribution in [1.82, 2.24) is 0 Å². The molecule has 126 valence electrons. The summed E-state index contributed by atoms with van der Waals surface area (Å²) in [7, 11) is 0. The monoisotopic (exact) mass is 345 g/mol. The van der Waals surface area contributed by atoms with Gasteiger partial charge in [-0.2, -0.15) is 0 Å². The van der Waals surface area contributed by atoms with Gasteiger partial charge in [0.05, 0.1) is 17.1 Å². The number of aliphatic imine (C=N–C) groups is 1. The summed E-state index contributed by atoms with van der Waals surface area (Å²) in [6.07, 6.45) is 0. The van der Waals surface area contributed by atoms with Crippen molar-refractivity contribution in [3.63, 3.8) is 0 Å². The van der Waals surface area contributed by atoms with E-state index in [4.69, 9.17) is 11.5 Å². The smallest absolute Gasteiger partial charge is 0.273 e. The van der Waals surface area contributed by atoms with Crippen LogP contribution in [0.4, 0.5) is 18.9 Å². The molecule has 23 heavy (non-hydrogen) atoms. The fourth-order valence-electron chi connectivity index (χ4n) is 3.77. The number of nitrogens with zero attached hydrogens (tertiary/aromatic N) is 1. The van der Waals surface area contributed by atoms with Crippen LogP contribution >= 0.6 is 11.8 Å². The van der Waals surface area contributed by atoms with E-state index in [1.807, 2.05) is 0 Å². The maximum absolute atomic E-state index is 14.8. The minimum Gasteiger partial charge on any atom is -0.399 e. The van der Waals surface area contributed by atoms with Crippen LogP contribution in [0.3, 0.4) is 0 Å². The molecule has 0 bridgehead atoms. The molecule has 1 aromatic rings. The van der Waals surface area contributed by atoms with E-state index in [0.717, 1.165) is 6.07 Å². The number of amidine groups is 1. The molecule has 3 atom stereocenters. The predicted octanol–water partition coefficient (Wildman–Crippen LogP) is 2.46. The number of thioether (sulfide) groups is 1. The molecule has 1 heterocycles. The molecular formula is C15H18F3N3OS. The second-order valence-electron chi connectivity index (χ2n) is 6.79. The minimum absolute atomic E-state index is 0.0449. The van der Waals surface area contributed by atoms with Gasteiger partial charge in [-0.05, 0) is 39.0 Å². The zero-order chi connectivity index (χ0) is 17.4. The molecule has 2 aliphatic rings. The molecule has 3 rings (SSSR count). The third-order valence-corrected chi connectivity index (χ3v) is 6.43. The minimum atomic E-state index is -3.26. The van der Waals surface area contributed by atoms with E-state index in [0.29, 0.717) is 11.8 Å². The Labute approximate surface area is 136 Å². The summed E-state index contributed by atoms with van der Waals surface area (Å²) in [5.41, 5.74) is 8.31. The zero-order valence-electron chi connectivity index (χ0n) is 12.9. The highest BCUT2D eigenvalue weighted by Gasteiger charge is 2.91. The summed E-state index contributed by atoms with van der Waals surface area (Å²) in [5.74, 6) is -5.33. The van der Waals surface area contributed by atoms with Crippen LogP contribution in [0.25, 0.3) is 0 Å². The number of nitrogen functional groups attached to an aromatic ring is 1. The maximum atomic E-state index is 14.8. The molecule has 1 saturated carbocycles. The van der Waals surface area contributed by atoms with Gasteiger partial charge in [-0.25, -0.2) is 13.2 Å². The third-order valence-electron chi connectivity index (χ3n) is 4.80. The molecule has 1 unspecified atom stereocenters. The molecule has 0 saturated heterocycles. The van der Waals surface area contributed by atoms with Crippen LogP contribution in [0.15, 0.2) is 23.2 Å². The lowest BCUT2D eigenvalue weighted by Crippen LogP contribution is -2.47. The molecule has 1 fully saturated rings. The Bertz CT molecular complexity index is 718. The predicted molar refractivity (Wildman–Crippen MR) is 84.8 cm³/mol. The van der Waals surface area contributed by atoms with Gasteiger partial charge in [0.25, 0.3) is 5.92 Å². The van der Waals surface area contributed by atoms with E-state index in [2.05, 4.69) is 4.99 Å². The highest BCUT2D eigenvalue weighted by molar-refractivity contribution is 8.15. The van der Waals surface area contributed by atoms with Crippen LogP contribution in [0.2, 0.25) is 0 Å². The van der Waals surface area contributed by atoms with Crippen molar-refractivity contribution < 1.29 is 18.3 Å². The first-order chi connectivity index (χ1) is 10.4. The number of fused-ring (bicyclic) bond motifs is 1. The van der Waals surface area contributed by atoms with E-state index in [9.17, 15) is 18.3 Å². The number of hydrogen-bond acceptors (Lipinski definition) is 5. The largest absolute Gasteiger partial charge is 0.399 e. The Morgan fingerprint density at radius 2 is 1.91 bits per heavy atom. The van der Waals surface area contributed by atoms with Crippen molar-refractivity contribution in [1.29, 1.82) is 0 Å². The number of nitrogens with two attached hydrogens (primary N) is 2. The summed E-state index contributed by atoms with van der Waals surface area (Å²) in [6.45, 7) is 4.02. The van der Waals surface area contributed by atoms with Crippen molar-refractivity contribution in [2.45, 2.75) is 42.6 Å². The SMILES string of the molecule is CC(C)(O)[C@@]12SC(N)=N[C@](C)(c3cc(N)ccc3F)C1C2(F)F. The Balaban J connectivity index is 2.24. The summed E-state index contributed by atoms with van der Waals surface area (Å²) in [4.78, 5) is 4.13. The average Bonchev–Trinajstić information content (AvgIpc) is 2.90. The summed E-state index contributed by atoms with van der Waals surface area (Å²) >= 11 is 0.658. The van der Waals surface area contributed by atoms with Gasteiger partial charge in [0.15, 0.2) is 5.17 Å². The Morgan fingerprint density at radius 1 is 1.30 bits per heavy atom. The number of halogens is 3. The van der Waals surface area contributed by atoms with Crippen molar-refractivity contribution in [3.8, 4) is 0 Å². The second-order valence-corrected chi connectivity index (χ2v) is 8.06. The molecular weight excluding hydrogens is 327 g/mol. The first kappa shape index (κ1) is 16.4. The number of anilines is 1. The van der Waals surface area contributed by atoms with Crippen LogP contribution in [-0.2, 0) is 5.54 Å². The number of rotatable bonds is 2. The van der Waals surface area contributed by atoms with E-state index < -0.39 is 33.5 Å². The van der Waals surface area contributed by atoms with Crippen LogP contribution in [-0.4, -0.2) is 26.5 Å². The number of aliphatic hydroxyl groups is 1. The first-order valence-corrected chi connectivity index (χ1v) is 7.89. The standard InChI is InChI=1S/C15H18F3N3OS/c1-12(2,22)14-10(15(14,17)18)13(3,21-11(20)23-14)8-6-7(19)4-5-9(8)16/h4-6,10,22H,19H2,1-3H3,(H2,20,21)/t10?,13-,14+/m1/s1. The number of benzene rings is 1. The fraction of sp³-hybridized carbons (Fsp3) is 0.533. The lowest BCUT2D eigenvalue weighted by Gasteiger charge is -2.37. The number of alkyl halides is 2.